The lowest BCUT2D eigenvalue weighted by atomic mass is 9.82. The maximum absolute atomic E-state index is 12.4. The average Bonchev–Trinajstić information content (AvgIpc) is 3.22. The van der Waals surface area contributed by atoms with E-state index in [1.54, 1.807) is 26.4 Å². The Balaban J connectivity index is 1.58. The van der Waals surface area contributed by atoms with Crippen LogP contribution in [-0.2, 0) is 20.7 Å². The second kappa shape index (κ2) is 7.14. The summed E-state index contributed by atoms with van der Waals surface area (Å²) in [6, 6.07) is 5.57. The van der Waals surface area contributed by atoms with Crippen LogP contribution in [0.15, 0.2) is 30.4 Å². The van der Waals surface area contributed by atoms with Gasteiger partial charge in [-0.2, -0.15) is 0 Å². The number of carboxylic acid groups (broad SMARTS) is 1. The molecule has 1 amide bonds. The predicted molar refractivity (Wildman–Crippen MR) is 88.7 cm³/mol. The number of ether oxygens (including phenoxy) is 3. The van der Waals surface area contributed by atoms with Crippen molar-refractivity contribution in [2.24, 2.45) is 11.8 Å². The van der Waals surface area contributed by atoms with Gasteiger partial charge in [0.1, 0.15) is 5.92 Å². The van der Waals surface area contributed by atoms with Crippen molar-refractivity contribution in [2.45, 2.75) is 18.6 Å². The lowest BCUT2D eigenvalue weighted by Gasteiger charge is -2.21. The number of rotatable bonds is 7. The standard InChI is InChI=1S/C18H21NO6/c1-23-11-4-3-10(9-14(11)24-2)7-8-19-17(20)15-12-5-6-13(25-12)16(15)18(21)22/h3-6,9,12-13,15-16H,7-8H2,1-2H3,(H,19,20)(H,21,22)/t12-,13-,15-,16-/m0/s1. The van der Waals surface area contributed by atoms with Crippen LogP contribution in [0.3, 0.4) is 0 Å². The minimum atomic E-state index is -1.00. The number of methoxy groups -OCH3 is 2. The number of fused-ring (bicyclic) bond motifs is 2. The molecule has 7 heteroatoms. The molecule has 1 saturated heterocycles. The van der Waals surface area contributed by atoms with Crippen LogP contribution in [0.4, 0.5) is 0 Å². The van der Waals surface area contributed by atoms with Gasteiger partial charge >= 0.3 is 5.97 Å². The third-order valence-corrected chi connectivity index (χ3v) is 4.65. The smallest absolute Gasteiger partial charge is 0.310 e. The average molecular weight is 347 g/mol. The Morgan fingerprint density at radius 3 is 2.44 bits per heavy atom. The molecule has 134 valence electrons. The monoisotopic (exact) mass is 347 g/mol. The number of carbonyl (C=O) groups excluding carboxylic acids is 1. The Morgan fingerprint density at radius 1 is 1.12 bits per heavy atom. The lowest BCUT2D eigenvalue weighted by Crippen LogP contribution is -2.43. The Morgan fingerprint density at radius 2 is 1.80 bits per heavy atom. The van der Waals surface area contributed by atoms with Gasteiger partial charge in [0.05, 0.1) is 32.3 Å². The highest BCUT2D eigenvalue weighted by Gasteiger charge is 2.53. The summed E-state index contributed by atoms with van der Waals surface area (Å²) in [4.78, 5) is 23.8. The topological polar surface area (TPSA) is 94.1 Å². The molecule has 0 saturated carbocycles. The molecule has 0 aliphatic carbocycles. The van der Waals surface area contributed by atoms with Gasteiger partial charge in [0.25, 0.3) is 0 Å². The van der Waals surface area contributed by atoms with Gasteiger partial charge < -0.3 is 24.6 Å². The first-order valence-corrected chi connectivity index (χ1v) is 8.10. The van der Waals surface area contributed by atoms with Crippen LogP contribution < -0.4 is 14.8 Å². The third kappa shape index (κ3) is 3.32. The van der Waals surface area contributed by atoms with Gasteiger partial charge in [-0.1, -0.05) is 18.2 Å². The van der Waals surface area contributed by atoms with Crippen molar-refractivity contribution in [3.63, 3.8) is 0 Å². The van der Waals surface area contributed by atoms with E-state index in [4.69, 9.17) is 14.2 Å². The van der Waals surface area contributed by atoms with Gasteiger partial charge in [0.2, 0.25) is 5.91 Å². The van der Waals surface area contributed by atoms with E-state index in [2.05, 4.69) is 5.32 Å². The van der Waals surface area contributed by atoms with Gasteiger partial charge in [-0.05, 0) is 24.1 Å². The van der Waals surface area contributed by atoms with Crippen LogP contribution in [0.25, 0.3) is 0 Å². The molecular weight excluding hydrogens is 326 g/mol. The first-order chi connectivity index (χ1) is 12.0. The van der Waals surface area contributed by atoms with Gasteiger partial charge in [-0.3, -0.25) is 9.59 Å². The Hall–Kier alpha value is -2.54. The zero-order valence-electron chi connectivity index (χ0n) is 14.1. The van der Waals surface area contributed by atoms with Crippen molar-refractivity contribution in [2.75, 3.05) is 20.8 Å². The summed E-state index contributed by atoms with van der Waals surface area (Å²) in [6.07, 6.45) is 3.12. The van der Waals surface area contributed by atoms with E-state index in [1.807, 2.05) is 18.2 Å². The molecule has 4 atom stereocenters. The number of amides is 1. The molecule has 0 spiro atoms. The van der Waals surface area contributed by atoms with Crippen LogP contribution >= 0.6 is 0 Å². The van der Waals surface area contributed by atoms with E-state index >= 15 is 0 Å². The van der Waals surface area contributed by atoms with Crippen molar-refractivity contribution in [1.29, 1.82) is 0 Å². The van der Waals surface area contributed by atoms with Crippen LogP contribution in [0, 0.1) is 11.8 Å². The van der Waals surface area contributed by atoms with E-state index < -0.39 is 30.0 Å². The minimum Gasteiger partial charge on any atom is -0.493 e. The molecule has 0 aromatic heterocycles. The zero-order chi connectivity index (χ0) is 18.0. The summed E-state index contributed by atoms with van der Waals surface area (Å²) in [5, 5.41) is 12.2. The van der Waals surface area contributed by atoms with E-state index in [9.17, 15) is 14.7 Å². The minimum absolute atomic E-state index is 0.287. The highest BCUT2D eigenvalue weighted by atomic mass is 16.5. The van der Waals surface area contributed by atoms with Crippen LogP contribution in [-0.4, -0.2) is 50.0 Å². The normalized spacial score (nSPS) is 26.5. The number of nitrogens with one attached hydrogen (secondary N) is 1. The fourth-order valence-corrected chi connectivity index (χ4v) is 3.40. The van der Waals surface area contributed by atoms with Crippen LogP contribution in [0.5, 0.6) is 11.5 Å². The van der Waals surface area contributed by atoms with Crippen molar-refractivity contribution in [3.05, 3.63) is 35.9 Å². The maximum Gasteiger partial charge on any atom is 0.310 e. The number of benzene rings is 1. The molecule has 0 unspecified atom stereocenters. The number of carbonyl (C=O) groups is 2. The molecule has 1 fully saturated rings. The molecule has 2 aliphatic heterocycles. The summed E-state index contributed by atoms with van der Waals surface area (Å²) in [5.41, 5.74) is 0.983. The van der Waals surface area contributed by atoms with Crippen LogP contribution in [0.1, 0.15) is 5.56 Å². The summed E-state index contributed by atoms with van der Waals surface area (Å²) in [6.45, 7) is 0.401. The molecule has 7 nitrogen and oxygen atoms in total. The number of carboxylic acids is 1. The van der Waals surface area contributed by atoms with E-state index in [0.717, 1.165) is 5.56 Å². The second-order valence-corrected chi connectivity index (χ2v) is 6.07. The Kier molecular flexibility index (Phi) is 4.94. The van der Waals surface area contributed by atoms with Gasteiger partial charge in [-0.15, -0.1) is 0 Å². The molecule has 0 radical (unpaired) electrons. The zero-order valence-corrected chi connectivity index (χ0v) is 14.1. The van der Waals surface area contributed by atoms with Crippen LogP contribution in [0.2, 0.25) is 0 Å². The first kappa shape index (κ1) is 17.3. The molecule has 25 heavy (non-hydrogen) atoms. The second-order valence-electron chi connectivity index (χ2n) is 6.07. The number of hydrogen-bond acceptors (Lipinski definition) is 5. The SMILES string of the molecule is COc1ccc(CCNC(=O)[C@@H]2[C@@H](C(=O)O)[C@@H]3C=C[C@@H]2O3)cc1OC. The lowest BCUT2D eigenvalue weighted by molar-refractivity contribution is -0.146. The molecule has 2 N–H and O–H groups in total. The summed E-state index contributed by atoms with van der Waals surface area (Å²) in [7, 11) is 3.14. The number of hydrogen-bond donors (Lipinski definition) is 2. The molecule has 1 aromatic rings. The summed E-state index contributed by atoms with van der Waals surface area (Å²) in [5.74, 6) is -1.52. The molecular formula is C18H21NO6. The van der Waals surface area contributed by atoms with E-state index in [1.165, 1.54) is 0 Å². The first-order valence-electron chi connectivity index (χ1n) is 8.10. The Bertz CT molecular complexity index is 701. The highest BCUT2D eigenvalue weighted by molar-refractivity contribution is 5.87. The largest absolute Gasteiger partial charge is 0.493 e. The van der Waals surface area contributed by atoms with Crippen molar-refractivity contribution in [3.8, 4) is 11.5 Å². The maximum atomic E-state index is 12.4. The summed E-state index contributed by atoms with van der Waals surface area (Å²) < 4.78 is 16.0. The molecule has 2 aliphatic rings. The number of aliphatic carboxylic acids is 1. The molecule has 1 aromatic carbocycles. The quantitative estimate of drug-likeness (QED) is 0.715. The molecule has 2 bridgehead atoms. The highest BCUT2D eigenvalue weighted by Crippen LogP contribution is 2.39. The van der Waals surface area contributed by atoms with Crippen molar-refractivity contribution in [1.82, 2.24) is 5.32 Å². The van der Waals surface area contributed by atoms with Crippen molar-refractivity contribution < 1.29 is 28.9 Å². The fourth-order valence-electron chi connectivity index (χ4n) is 3.40. The van der Waals surface area contributed by atoms with E-state index in [0.29, 0.717) is 24.5 Å². The van der Waals surface area contributed by atoms with Gasteiger partial charge in [-0.25, -0.2) is 0 Å². The molecule has 2 heterocycles. The molecule has 3 rings (SSSR count). The third-order valence-electron chi connectivity index (χ3n) is 4.65. The predicted octanol–water partition coefficient (Wildman–Crippen LogP) is 1.02. The Labute approximate surface area is 145 Å². The van der Waals surface area contributed by atoms with Gasteiger partial charge in [0, 0.05) is 6.54 Å². The summed E-state index contributed by atoms with van der Waals surface area (Å²) >= 11 is 0. The van der Waals surface area contributed by atoms with Crippen molar-refractivity contribution >= 4 is 11.9 Å². The fraction of sp³-hybridized carbons (Fsp3) is 0.444. The van der Waals surface area contributed by atoms with Gasteiger partial charge in [0.15, 0.2) is 11.5 Å². The van der Waals surface area contributed by atoms with E-state index in [-0.39, 0.29) is 5.91 Å².